The van der Waals surface area contributed by atoms with Crippen LogP contribution in [0.5, 0.6) is 5.75 Å². The van der Waals surface area contributed by atoms with E-state index in [1.807, 2.05) is 49.4 Å². The molecule has 0 saturated heterocycles. The first-order chi connectivity index (χ1) is 12.2. The fourth-order valence-electron chi connectivity index (χ4n) is 2.54. The van der Waals surface area contributed by atoms with Crippen molar-refractivity contribution < 1.29 is 4.74 Å². The summed E-state index contributed by atoms with van der Waals surface area (Å²) >= 11 is 7.72. The van der Waals surface area contributed by atoms with Gasteiger partial charge in [-0.3, -0.25) is 0 Å². The summed E-state index contributed by atoms with van der Waals surface area (Å²) in [6.45, 7) is 5.55. The Morgan fingerprint density at radius 2 is 1.88 bits per heavy atom. The smallest absolute Gasteiger partial charge is 0.191 e. The number of rotatable bonds is 7. The molecule has 3 rings (SSSR count). The van der Waals surface area contributed by atoms with Crippen LogP contribution >= 0.6 is 23.4 Å². The maximum Gasteiger partial charge on any atom is 0.191 e. The maximum absolute atomic E-state index is 6.05. The lowest BCUT2D eigenvalue weighted by Crippen LogP contribution is -2.00. The predicted molar refractivity (Wildman–Crippen MR) is 103 cm³/mol. The SMILES string of the molecule is CCOc1ccc(-c2nnc(SCc3cccc(Cl)c3)n2CC)cc1. The van der Waals surface area contributed by atoms with Gasteiger partial charge in [-0.2, -0.15) is 0 Å². The van der Waals surface area contributed by atoms with E-state index in [2.05, 4.69) is 27.8 Å². The minimum absolute atomic E-state index is 0.661. The number of hydrogen-bond donors (Lipinski definition) is 0. The van der Waals surface area contributed by atoms with E-state index in [0.29, 0.717) is 6.61 Å². The molecule has 0 atom stereocenters. The van der Waals surface area contributed by atoms with Crippen molar-refractivity contribution in [2.45, 2.75) is 31.3 Å². The molecule has 4 nitrogen and oxygen atoms in total. The van der Waals surface area contributed by atoms with E-state index >= 15 is 0 Å². The van der Waals surface area contributed by atoms with Crippen molar-refractivity contribution in [3.8, 4) is 17.1 Å². The third-order valence-corrected chi connectivity index (χ3v) is 4.99. The molecule has 0 saturated carbocycles. The van der Waals surface area contributed by atoms with Gasteiger partial charge in [-0.15, -0.1) is 10.2 Å². The van der Waals surface area contributed by atoms with E-state index in [9.17, 15) is 0 Å². The Kier molecular flexibility index (Phi) is 6.00. The zero-order valence-corrected chi connectivity index (χ0v) is 15.8. The van der Waals surface area contributed by atoms with Crippen LogP contribution in [0.4, 0.5) is 0 Å². The van der Waals surface area contributed by atoms with Gasteiger partial charge in [0.2, 0.25) is 0 Å². The number of thioether (sulfide) groups is 1. The molecule has 1 heterocycles. The number of nitrogens with zero attached hydrogens (tertiary/aromatic N) is 3. The van der Waals surface area contributed by atoms with Crippen molar-refractivity contribution in [1.29, 1.82) is 0 Å². The average molecular weight is 374 g/mol. The average Bonchev–Trinajstić information content (AvgIpc) is 3.04. The fraction of sp³-hybridized carbons (Fsp3) is 0.263. The highest BCUT2D eigenvalue weighted by molar-refractivity contribution is 7.98. The normalized spacial score (nSPS) is 10.8. The van der Waals surface area contributed by atoms with Gasteiger partial charge in [0.25, 0.3) is 0 Å². The molecule has 0 aliphatic carbocycles. The lowest BCUT2D eigenvalue weighted by molar-refractivity contribution is 0.340. The first kappa shape index (κ1) is 17.8. The van der Waals surface area contributed by atoms with Gasteiger partial charge in [-0.05, 0) is 55.8 Å². The molecule has 0 N–H and O–H groups in total. The Morgan fingerprint density at radius 1 is 1.08 bits per heavy atom. The number of benzene rings is 2. The van der Waals surface area contributed by atoms with Crippen molar-refractivity contribution in [3.05, 3.63) is 59.1 Å². The van der Waals surface area contributed by atoms with E-state index in [1.165, 1.54) is 5.56 Å². The quantitative estimate of drug-likeness (QED) is 0.526. The van der Waals surface area contributed by atoms with E-state index in [1.54, 1.807) is 11.8 Å². The molecule has 6 heteroatoms. The highest BCUT2D eigenvalue weighted by Gasteiger charge is 2.13. The number of aromatic nitrogens is 3. The van der Waals surface area contributed by atoms with E-state index in [-0.39, 0.29) is 0 Å². The molecule has 130 valence electrons. The highest BCUT2D eigenvalue weighted by Crippen LogP contribution is 2.28. The second kappa shape index (κ2) is 8.41. The lowest BCUT2D eigenvalue weighted by atomic mass is 10.2. The van der Waals surface area contributed by atoms with Crippen molar-refractivity contribution in [1.82, 2.24) is 14.8 Å². The number of ether oxygens (including phenoxy) is 1. The second-order valence-electron chi connectivity index (χ2n) is 5.43. The van der Waals surface area contributed by atoms with Gasteiger partial charge >= 0.3 is 0 Å². The molecule has 0 amide bonds. The summed E-state index contributed by atoms with van der Waals surface area (Å²) in [7, 11) is 0. The Morgan fingerprint density at radius 3 is 2.56 bits per heavy atom. The van der Waals surface area contributed by atoms with Gasteiger partial charge in [0.1, 0.15) is 5.75 Å². The van der Waals surface area contributed by atoms with Gasteiger partial charge in [0.15, 0.2) is 11.0 Å². The summed E-state index contributed by atoms with van der Waals surface area (Å²) in [5.41, 5.74) is 2.21. The molecule has 25 heavy (non-hydrogen) atoms. The van der Waals surface area contributed by atoms with Crippen LogP contribution in [0.1, 0.15) is 19.4 Å². The largest absolute Gasteiger partial charge is 0.494 e. The molecule has 0 aliphatic rings. The Labute approximate surface area is 157 Å². The maximum atomic E-state index is 6.05. The monoisotopic (exact) mass is 373 g/mol. The molecule has 0 aliphatic heterocycles. The molecule has 1 aromatic heterocycles. The summed E-state index contributed by atoms with van der Waals surface area (Å²) in [5, 5.41) is 10.4. The van der Waals surface area contributed by atoms with Crippen LogP contribution in [0.15, 0.2) is 53.7 Å². The van der Waals surface area contributed by atoms with Crippen LogP contribution in [-0.2, 0) is 12.3 Å². The summed E-state index contributed by atoms with van der Waals surface area (Å²) in [5.74, 6) is 2.55. The highest BCUT2D eigenvalue weighted by atomic mass is 35.5. The zero-order valence-electron chi connectivity index (χ0n) is 14.3. The standard InChI is InChI=1S/C19H20ClN3OS/c1-3-23-18(15-8-10-17(11-9-15)24-4-2)21-22-19(23)25-13-14-6-5-7-16(20)12-14/h5-12H,3-4,13H2,1-2H3. The van der Waals surface area contributed by atoms with Gasteiger partial charge in [-0.1, -0.05) is 35.5 Å². The molecule has 0 radical (unpaired) electrons. The molecule has 0 spiro atoms. The first-order valence-corrected chi connectivity index (χ1v) is 9.61. The van der Waals surface area contributed by atoms with Gasteiger partial charge in [0.05, 0.1) is 6.61 Å². The molecular weight excluding hydrogens is 354 g/mol. The van der Waals surface area contributed by atoms with E-state index in [0.717, 1.165) is 39.6 Å². The minimum atomic E-state index is 0.661. The number of halogens is 1. The van der Waals surface area contributed by atoms with Crippen molar-refractivity contribution in [3.63, 3.8) is 0 Å². The van der Waals surface area contributed by atoms with Crippen LogP contribution in [0.3, 0.4) is 0 Å². The molecule has 0 unspecified atom stereocenters. The third kappa shape index (κ3) is 4.35. The fourth-order valence-corrected chi connectivity index (χ4v) is 3.69. The Hall–Kier alpha value is -1.98. The van der Waals surface area contributed by atoms with E-state index in [4.69, 9.17) is 16.3 Å². The third-order valence-electron chi connectivity index (χ3n) is 3.71. The summed E-state index contributed by atoms with van der Waals surface area (Å²) < 4.78 is 7.63. The van der Waals surface area contributed by atoms with Crippen molar-refractivity contribution in [2.75, 3.05) is 6.61 Å². The second-order valence-corrected chi connectivity index (χ2v) is 6.81. The molecule has 0 fully saturated rings. The summed E-state index contributed by atoms with van der Waals surface area (Å²) in [6, 6.07) is 15.9. The Balaban J connectivity index is 1.78. The zero-order chi connectivity index (χ0) is 17.6. The first-order valence-electron chi connectivity index (χ1n) is 8.25. The topological polar surface area (TPSA) is 39.9 Å². The van der Waals surface area contributed by atoms with Crippen LogP contribution in [0.2, 0.25) is 5.02 Å². The van der Waals surface area contributed by atoms with E-state index < -0.39 is 0 Å². The molecule has 3 aromatic rings. The molecular formula is C19H20ClN3OS. The minimum Gasteiger partial charge on any atom is -0.494 e. The van der Waals surface area contributed by atoms with Gasteiger partial charge in [-0.25, -0.2) is 0 Å². The van der Waals surface area contributed by atoms with Crippen LogP contribution < -0.4 is 4.74 Å². The van der Waals surface area contributed by atoms with Gasteiger partial charge in [0, 0.05) is 22.9 Å². The lowest BCUT2D eigenvalue weighted by Gasteiger charge is -2.08. The number of hydrogen-bond acceptors (Lipinski definition) is 4. The Bertz CT molecular complexity index is 833. The van der Waals surface area contributed by atoms with Crippen LogP contribution in [-0.4, -0.2) is 21.4 Å². The summed E-state index contributed by atoms with van der Waals surface area (Å²) in [4.78, 5) is 0. The van der Waals surface area contributed by atoms with Crippen molar-refractivity contribution in [2.24, 2.45) is 0 Å². The summed E-state index contributed by atoms with van der Waals surface area (Å²) in [6.07, 6.45) is 0. The van der Waals surface area contributed by atoms with Gasteiger partial charge < -0.3 is 9.30 Å². The van der Waals surface area contributed by atoms with Crippen molar-refractivity contribution >= 4 is 23.4 Å². The molecule has 2 aromatic carbocycles. The van der Waals surface area contributed by atoms with Crippen LogP contribution in [0.25, 0.3) is 11.4 Å². The predicted octanol–water partition coefficient (Wildman–Crippen LogP) is 5.31. The molecule has 0 bridgehead atoms. The van der Waals surface area contributed by atoms with Crippen LogP contribution in [0, 0.1) is 0 Å².